The molecular weight excluding hydrogens is 290 g/mol. The average molecular weight is 309 g/mol. The zero-order valence-corrected chi connectivity index (χ0v) is 13.4. The summed E-state index contributed by atoms with van der Waals surface area (Å²) in [6, 6.07) is 9.71. The van der Waals surface area contributed by atoms with E-state index in [1.165, 1.54) is 4.90 Å². The molecular formula is C18H19N3O2. The minimum Gasteiger partial charge on any atom is -0.369 e. The van der Waals surface area contributed by atoms with E-state index in [1.807, 2.05) is 18.2 Å². The fraction of sp³-hybridized carbons (Fsp3) is 0.333. The standard InChI is InChI=1S/C18H19N3O2/c1-19-6-8-21(9-7-19)13-10-12-4-3-5-14-16(12)15(11-13)18(23)20(2)17(14)22/h3-5,10-11H,6-9H2,1-2H3. The van der Waals surface area contributed by atoms with Crippen LogP contribution < -0.4 is 4.90 Å². The van der Waals surface area contributed by atoms with E-state index >= 15 is 0 Å². The number of piperazine rings is 1. The summed E-state index contributed by atoms with van der Waals surface area (Å²) in [5, 5.41) is 1.75. The summed E-state index contributed by atoms with van der Waals surface area (Å²) >= 11 is 0. The highest BCUT2D eigenvalue weighted by molar-refractivity contribution is 6.25. The van der Waals surface area contributed by atoms with Crippen LogP contribution in [-0.2, 0) is 0 Å². The zero-order valence-electron chi connectivity index (χ0n) is 13.4. The molecule has 0 spiro atoms. The molecule has 23 heavy (non-hydrogen) atoms. The van der Waals surface area contributed by atoms with E-state index in [1.54, 1.807) is 13.1 Å². The molecule has 118 valence electrons. The molecule has 5 nitrogen and oxygen atoms in total. The lowest BCUT2D eigenvalue weighted by atomic mass is 9.93. The van der Waals surface area contributed by atoms with Crippen molar-refractivity contribution in [2.24, 2.45) is 0 Å². The number of amides is 2. The molecule has 2 heterocycles. The van der Waals surface area contributed by atoms with Crippen LogP contribution in [-0.4, -0.2) is 61.9 Å². The summed E-state index contributed by atoms with van der Waals surface area (Å²) in [6.07, 6.45) is 0. The van der Waals surface area contributed by atoms with E-state index < -0.39 is 0 Å². The second kappa shape index (κ2) is 5.06. The highest BCUT2D eigenvalue weighted by Crippen LogP contribution is 2.33. The van der Waals surface area contributed by atoms with Gasteiger partial charge in [-0.2, -0.15) is 0 Å². The van der Waals surface area contributed by atoms with Crippen molar-refractivity contribution >= 4 is 28.3 Å². The van der Waals surface area contributed by atoms with Gasteiger partial charge < -0.3 is 9.80 Å². The minimum atomic E-state index is -0.222. The van der Waals surface area contributed by atoms with Crippen LogP contribution in [0.1, 0.15) is 20.7 Å². The van der Waals surface area contributed by atoms with Gasteiger partial charge in [-0.25, -0.2) is 0 Å². The number of benzene rings is 2. The first-order valence-corrected chi connectivity index (χ1v) is 7.89. The largest absolute Gasteiger partial charge is 0.369 e. The zero-order chi connectivity index (χ0) is 16.1. The Hall–Kier alpha value is -2.40. The first-order chi connectivity index (χ1) is 11.1. The quantitative estimate of drug-likeness (QED) is 0.754. The fourth-order valence-electron chi connectivity index (χ4n) is 3.46. The highest BCUT2D eigenvalue weighted by atomic mass is 16.2. The molecule has 2 aliphatic heterocycles. The molecule has 2 aliphatic rings. The van der Waals surface area contributed by atoms with Crippen LogP contribution in [0.25, 0.3) is 10.8 Å². The lowest BCUT2D eigenvalue weighted by Gasteiger charge is -2.35. The van der Waals surface area contributed by atoms with E-state index in [-0.39, 0.29) is 11.8 Å². The summed E-state index contributed by atoms with van der Waals surface area (Å²) in [7, 11) is 3.67. The third kappa shape index (κ3) is 2.11. The van der Waals surface area contributed by atoms with Crippen LogP contribution in [0.15, 0.2) is 30.3 Å². The van der Waals surface area contributed by atoms with E-state index in [9.17, 15) is 9.59 Å². The summed E-state index contributed by atoms with van der Waals surface area (Å²) in [5.41, 5.74) is 2.31. The van der Waals surface area contributed by atoms with Crippen molar-refractivity contribution < 1.29 is 9.59 Å². The van der Waals surface area contributed by atoms with Gasteiger partial charge in [0.1, 0.15) is 0 Å². The van der Waals surface area contributed by atoms with Crippen molar-refractivity contribution in [1.82, 2.24) is 9.80 Å². The van der Waals surface area contributed by atoms with Crippen molar-refractivity contribution in [3.63, 3.8) is 0 Å². The van der Waals surface area contributed by atoms with Crippen LogP contribution in [0, 0.1) is 0 Å². The number of hydrogen-bond acceptors (Lipinski definition) is 4. The van der Waals surface area contributed by atoms with E-state index in [0.29, 0.717) is 11.1 Å². The van der Waals surface area contributed by atoms with Crippen LogP contribution in [0.2, 0.25) is 0 Å². The molecule has 0 radical (unpaired) electrons. The van der Waals surface area contributed by atoms with Crippen LogP contribution >= 0.6 is 0 Å². The predicted octanol–water partition coefficient (Wildman–Crippen LogP) is 1.82. The van der Waals surface area contributed by atoms with Gasteiger partial charge >= 0.3 is 0 Å². The molecule has 1 fully saturated rings. The summed E-state index contributed by atoms with van der Waals surface area (Å²) in [4.78, 5) is 30.7. The lowest BCUT2D eigenvalue weighted by molar-refractivity contribution is 0.0650. The van der Waals surface area contributed by atoms with Gasteiger partial charge in [-0.3, -0.25) is 14.5 Å². The Morgan fingerprint density at radius 1 is 0.870 bits per heavy atom. The van der Waals surface area contributed by atoms with E-state index in [2.05, 4.69) is 22.9 Å². The van der Waals surface area contributed by atoms with Gasteiger partial charge in [0, 0.05) is 49.9 Å². The number of carbonyl (C=O) groups is 2. The summed E-state index contributed by atoms with van der Waals surface area (Å²) in [6.45, 7) is 3.92. The normalized spacial score (nSPS) is 18.9. The highest BCUT2D eigenvalue weighted by Gasteiger charge is 2.31. The minimum absolute atomic E-state index is 0.213. The van der Waals surface area contributed by atoms with Gasteiger partial charge in [-0.15, -0.1) is 0 Å². The molecule has 0 N–H and O–H groups in total. The number of carbonyl (C=O) groups excluding carboxylic acids is 2. The number of imide groups is 1. The Morgan fingerprint density at radius 2 is 1.57 bits per heavy atom. The molecule has 0 aliphatic carbocycles. The maximum atomic E-state index is 12.6. The first kappa shape index (κ1) is 14.2. The molecule has 2 aromatic carbocycles. The molecule has 0 saturated carbocycles. The van der Waals surface area contributed by atoms with Gasteiger partial charge in [0.05, 0.1) is 5.56 Å². The van der Waals surface area contributed by atoms with Gasteiger partial charge in [0.2, 0.25) is 0 Å². The third-order valence-electron chi connectivity index (χ3n) is 4.90. The topological polar surface area (TPSA) is 43.9 Å². The summed E-state index contributed by atoms with van der Waals surface area (Å²) < 4.78 is 0. The Bertz CT molecular complexity index is 822. The fourth-order valence-corrected chi connectivity index (χ4v) is 3.46. The van der Waals surface area contributed by atoms with Gasteiger partial charge in [0.15, 0.2) is 0 Å². The SMILES string of the molecule is CN1CCN(c2cc3c4c(cccc4c2)C(=O)N(C)C3=O)CC1. The maximum Gasteiger partial charge on any atom is 0.261 e. The van der Waals surface area contributed by atoms with Gasteiger partial charge in [-0.1, -0.05) is 12.1 Å². The monoisotopic (exact) mass is 309 g/mol. The molecule has 0 atom stereocenters. The number of anilines is 1. The maximum absolute atomic E-state index is 12.6. The number of nitrogens with zero attached hydrogens (tertiary/aromatic N) is 3. The third-order valence-corrected chi connectivity index (χ3v) is 4.90. The molecule has 1 saturated heterocycles. The van der Waals surface area contributed by atoms with Crippen molar-refractivity contribution in [3.05, 3.63) is 41.5 Å². The smallest absolute Gasteiger partial charge is 0.261 e. The van der Waals surface area contributed by atoms with Crippen molar-refractivity contribution in [3.8, 4) is 0 Å². The average Bonchev–Trinajstić information content (AvgIpc) is 2.58. The Kier molecular flexibility index (Phi) is 3.13. The Labute approximate surface area is 135 Å². The number of likely N-dealkylation sites (N-methyl/N-ethyl adjacent to an activating group) is 1. The second-order valence-electron chi connectivity index (χ2n) is 6.36. The van der Waals surface area contributed by atoms with E-state index in [4.69, 9.17) is 0 Å². The van der Waals surface area contributed by atoms with Gasteiger partial charge in [-0.05, 0) is 30.6 Å². The van der Waals surface area contributed by atoms with Gasteiger partial charge in [0.25, 0.3) is 11.8 Å². The number of rotatable bonds is 1. The van der Waals surface area contributed by atoms with Crippen molar-refractivity contribution in [2.75, 3.05) is 45.2 Å². The van der Waals surface area contributed by atoms with Crippen molar-refractivity contribution in [1.29, 1.82) is 0 Å². The molecule has 0 aromatic heterocycles. The molecule has 0 bridgehead atoms. The van der Waals surface area contributed by atoms with Crippen molar-refractivity contribution in [2.45, 2.75) is 0 Å². The summed E-state index contributed by atoms with van der Waals surface area (Å²) in [5.74, 6) is -0.435. The lowest BCUT2D eigenvalue weighted by Crippen LogP contribution is -2.44. The molecule has 5 heteroatoms. The van der Waals surface area contributed by atoms with E-state index in [0.717, 1.165) is 42.6 Å². The van der Waals surface area contributed by atoms with Crippen LogP contribution in [0.3, 0.4) is 0 Å². The van der Waals surface area contributed by atoms with Crippen LogP contribution in [0.5, 0.6) is 0 Å². The molecule has 2 amide bonds. The molecule has 0 unspecified atom stereocenters. The second-order valence-corrected chi connectivity index (χ2v) is 6.36. The first-order valence-electron chi connectivity index (χ1n) is 7.89. The molecule has 4 rings (SSSR count). The Balaban J connectivity index is 1.89. The predicted molar refractivity (Wildman–Crippen MR) is 90.1 cm³/mol. The Morgan fingerprint density at radius 3 is 2.30 bits per heavy atom. The number of hydrogen-bond donors (Lipinski definition) is 0. The van der Waals surface area contributed by atoms with Crippen LogP contribution in [0.4, 0.5) is 5.69 Å². The molecule has 2 aromatic rings.